The SMILES string of the molecule is Cc1cccc(-c2[nH]ncc2-c2ccc3ncc(OCCCCNC(=O)OCc4ccc(NC(=O)[C@H](CCCNC(N)=O)NC(=O)[C@@H](NC(=O)CCOCCOCCOCCOCCN5C(=O)C=CC5=O)C(C)C)cc4)cc3c2)n1. The van der Waals surface area contributed by atoms with E-state index in [1.807, 2.05) is 49.4 Å². The number of primary amides is 1. The molecule has 1 aliphatic rings. The second kappa shape index (κ2) is 32.5. The number of imide groups is 1. The number of hydrogen-bond acceptors (Lipinski definition) is 16. The number of urea groups is 1. The van der Waals surface area contributed by atoms with Gasteiger partial charge in [0, 0.05) is 54.0 Å². The molecule has 0 bridgehead atoms. The maximum atomic E-state index is 13.6. The zero-order chi connectivity index (χ0) is 57.1. The Labute approximate surface area is 463 Å². The normalized spacial score (nSPS) is 12.8. The summed E-state index contributed by atoms with van der Waals surface area (Å²) in [5.74, 6) is -1.95. The van der Waals surface area contributed by atoms with Gasteiger partial charge in [0.25, 0.3) is 11.8 Å². The van der Waals surface area contributed by atoms with Crippen molar-refractivity contribution in [2.24, 2.45) is 11.7 Å². The van der Waals surface area contributed by atoms with E-state index in [2.05, 4.69) is 46.7 Å². The molecule has 6 rings (SSSR count). The maximum absolute atomic E-state index is 13.6. The molecule has 2 aromatic carbocycles. The molecule has 0 fully saturated rings. The van der Waals surface area contributed by atoms with Crippen LogP contribution in [0, 0.1) is 12.8 Å². The topological polar surface area (TPSA) is 319 Å². The number of unbranched alkanes of at least 4 members (excludes halogenated alkanes) is 1. The van der Waals surface area contributed by atoms with E-state index < -0.39 is 41.9 Å². The number of nitrogens with zero attached hydrogens (tertiary/aromatic N) is 4. The predicted molar refractivity (Wildman–Crippen MR) is 295 cm³/mol. The molecule has 4 heterocycles. The van der Waals surface area contributed by atoms with Gasteiger partial charge in [-0.05, 0) is 92.1 Å². The van der Waals surface area contributed by atoms with E-state index in [0.717, 1.165) is 44.0 Å². The number of fused-ring (bicyclic) bond motifs is 1. The predicted octanol–water partition coefficient (Wildman–Crippen LogP) is 4.47. The first kappa shape index (κ1) is 60.9. The van der Waals surface area contributed by atoms with Gasteiger partial charge in [0.15, 0.2) is 0 Å². The molecule has 24 heteroatoms. The highest BCUT2D eigenvalue weighted by Gasteiger charge is 2.29. The number of benzene rings is 2. The molecule has 428 valence electrons. The number of carbonyl (C=O) groups is 7. The van der Waals surface area contributed by atoms with Gasteiger partial charge >= 0.3 is 12.1 Å². The van der Waals surface area contributed by atoms with Gasteiger partial charge in [-0.1, -0.05) is 38.1 Å². The van der Waals surface area contributed by atoms with Gasteiger partial charge in [-0.3, -0.25) is 43.9 Å². The fourth-order valence-corrected chi connectivity index (χ4v) is 8.02. The van der Waals surface area contributed by atoms with E-state index in [4.69, 9.17) is 34.2 Å². The molecule has 80 heavy (non-hydrogen) atoms. The van der Waals surface area contributed by atoms with Gasteiger partial charge in [-0.25, -0.2) is 9.59 Å². The number of aryl methyl sites for hydroxylation is 1. The summed E-state index contributed by atoms with van der Waals surface area (Å²) in [5.41, 5.74) is 11.6. The summed E-state index contributed by atoms with van der Waals surface area (Å²) in [6.45, 7) is 8.58. The van der Waals surface area contributed by atoms with E-state index in [1.165, 1.54) is 12.2 Å². The number of alkyl carbamates (subject to hydrolysis) is 1. The number of anilines is 1. The highest BCUT2D eigenvalue weighted by molar-refractivity contribution is 6.12. The van der Waals surface area contributed by atoms with Gasteiger partial charge in [0.2, 0.25) is 17.7 Å². The molecule has 0 aliphatic carbocycles. The fourth-order valence-electron chi connectivity index (χ4n) is 8.02. The molecule has 24 nitrogen and oxygen atoms in total. The van der Waals surface area contributed by atoms with Crippen molar-refractivity contribution < 1.29 is 62.0 Å². The minimum atomic E-state index is -1.05. The number of aromatic amines is 1. The summed E-state index contributed by atoms with van der Waals surface area (Å²) in [4.78, 5) is 97.3. The van der Waals surface area contributed by atoms with Crippen LogP contribution in [0.5, 0.6) is 5.75 Å². The van der Waals surface area contributed by atoms with Crippen LogP contribution in [-0.2, 0) is 54.3 Å². The molecule has 0 saturated heterocycles. The van der Waals surface area contributed by atoms with Crippen molar-refractivity contribution in [3.63, 3.8) is 0 Å². The van der Waals surface area contributed by atoms with Crippen LogP contribution in [-0.4, -0.2) is 158 Å². The molecule has 0 spiro atoms. The van der Waals surface area contributed by atoms with Crippen molar-refractivity contribution in [2.75, 3.05) is 84.4 Å². The highest BCUT2D eigenvalue weighted by Crippen LogP contribution is 2.32. The molecule has 2 atom stereocenters. The minimum absolute atomic E-state index is 0.0227. The number of amides is 8. The molecule has 5 aromatic rings. The first-order chi connectivity index (χ1) is 38.7. The number of rotatable bonds is 35. The van der Waals surface area contributed by atoms with Crippen LogP contribution in [0.25, 0.3) is 33.4 Å². The minimum Gasteiger partial charge on any atom is -0.492 e. The molecule has 8 N–H and O–H groups in total. The van der Waals surface area contributed by atoms with Crippen LogP contribution >= 0.6 is 0 Å². The van der Waals surface area contributed by atoms with Gasteiger partial charge in [0.1, 0.15) is 24.4 Å². The number of pyridine rings is 2. The van der Waals surface area contributed by atoms with Crippen molar-refractivity contribution in [3.8, 4) is 28.3 Å². The first-order valence-electron chi connectivity index (χ1n) is 26.5. The number of H-pyrrole nitrogens is 1. The third-order valence-corrected chi connectivity index (χ3v) is 12.3. The lowest BCUT2D eigenvalue weighted by Crippen LogP contribution is -2.54. The number of aromatic nitrogens is 4. The van der Waals surface area contributed by atoms with E-state index >= 15 is 0 Å². The fraction of sp³-hybridized carbons (Fsp3) is 0.429. The van der Waals surface area contributed by atoms with Crippen molar-refractivity contribution in [3.05, 3.63) is 103 Å². The standard InChI is InChI=1S/C56H71N11O13/c1-37(2)51(65-48(68)19-24-75-26-28-77-30-31-78-29-27-76-25-22-67-49(69)17-18-50(67)70)54(72)64-47(10-7-21-58-55(57)73)53(71)63-42-14-11-39(12-15-42)36-80-56(74)59-20-4-5-23-79-43-33-41-32-40(13-16-45(41)60-34-43)44-35-61-66-52(44)46-9-6-8-38(3)62-46/h6,8-9,11-18,32-35,37,47,51H,4-5,7,10,19-31,36H2,1-3H3,(H,59,74)(H,61,66)(H,63,71)(H,64,72)(H,65,68)(H3,57,58,73)/t47-,51-/m0/s1. The molecule has 3 aromatic heterocycles. The summed E-state index contributed by atoms with van der Waals surface area (Å²) < 4.78 is 33.2. The molecular weight excluding hydrogens is 1030 g/mol. The molecule has 0 radical (unpaired) electrons. The number of nitrogens with two attached hydrogens (primary N) is 1. The second-order valence-corrected chi connectivity index (χ2v) is 18.8. The first-order valence-corrected chi connectivity index (χ1v) is 26.5. The van der Waals surface area contributed by atoms with Crippen molar-refractivity contribution in [1.82, 2.24) is 46.3 Å². The van der Waals surface area contributed by atoms with Crippen LogP contribution in [0.4, 0.5) is 15.3 Å². The molecule has 8 amide bonds. The Balaban J connectivity index is 0.841. The third-order valence-electron chi connectivity index (χ3n) is 12.3. The van der Waals surface area contributed by atoms with Crippen molar-refractivity contribution >= 4 is 58.3 Å². The van der Waals surface area contributed by atoms with Crippen LogP contribution in [0.1, 0.15) is 57.2 Å². The average molecular weight is 1110 g/mol. The van der Waals surface area contributed by atoms with E-state index in [1.54, 1.807) is 50.5 Å². The second-order valence-electron chi connectivity index (χ2n) is 18.8. The summed E-state index contributed by atoms with van der Waals surface area (Å²) in [6.07, 6.45) is 7.06. The Morgan fingerprint density at radius 3 is 2.14 bits per heavy atom. The van der Waals surface area contributed by atoms with Gasteiger partial charge in [-0.15, -0.1) is 0 Å². The Morgan fingerprint density at radius 2 is 1.44 bits per heavy atom. The van der Waals surface area contributed by atoms with Crippen molar-refractivity contribution in [1.29, 1.82) is 0 Å². The zero-order valence-electron chi connectivity index (χ0n) is 45.3. The lowest BCUT2D eigenvalue weighted by molar-refractivity contribution is -0.137. The number of hydrogen-bond donors (Lipinski definition) is 7. The Bertz CT molecular complexity index is 2860. The van der Waals surface area contributed by atoms with Gasteiger partial charge in [-0.2, -0.15) is 5.10 Å². The van der Waals surface area contributed by atoms with Gasteiger partial charge in [0.05, 0.1) is 95.3 Å². The quantitative estimate of drug-likeness (QED) is 0.0217. The summed E-state index contributed by atoms with van der Waals surface area (Å²) in [5, 5.41) is 21.8. The smallest absolute Gasteiger partial charge is 0.407 e. The summed E-state index contributed by atoms with van der Waals surface area (Å²) >= 11 is 0. The Kier molecular flexibility index (Phi) is 24.8. The number of carbonyl (C=O) groups excluding carboxylic acids is 7. The Hall–Kier alpha value is -8.32. The largest absolute Gasteiger partial charge is 0.492 e. The third kappa shape index (κ3) is 20.5. The van der Waals surface area contributed by atoms with Crippen LogP contribution in [0.2, 0.25) is 0 Å². The monoisotopic (exact) mass is 1110 g/mol. The lowest BCUT2D eigenvalue weighted by atomic mass is 10.0. The van der Waals surface area contributed by atoms with Crippen LogP contribution in [0.15, 0.2) is 91.3 Å². The van der Waals surface area contributed by atoms with E-state index in [0.29, 0.717) is 75.8 Å². The summed E-state index contributed by atoms with van der Waals surface area (Å²) in [7, 11) is 0. The van der Waals surface area contributed by atoms with E-state index in [-0.39, 0.29) is 76.7 Å². The Morgan fingerprint density at radius 1 is 0.738 bits per heavy atom. The average Bonchev–Trinajstić information content (AvgIpc) is 4.07. The van der Waals surface area contributed by atoms with Crippen molar-refractivity contribution in [2.45, 2.75) is 71.6 Å². The van der Waals surface area contributed by atoms with Crippen LogP contribution < -0.4 is 37.1 Å². The summed E-state index contributed by atoms with van der Waals surface area (Å²) in [6, 6.07) is 17.7. The lowest BCUT2D eigenvalue weighted by Gasteiger charge is -2.25. The number of ether oxygens (including phenoxy) is 6. The number of nitrogens with one attached hydrogen (secondary N) is 6. The van der Waals surface area contributed by atoms with Gasteiger partial charge < -0.3 is 60.7 Å². The molecular formula is C56H71N11O13. The molecule has 0 saturated carbocycles. The highest BCUT2D eigenvalue weighted by atomic mass is 16.6. The molecule has 0 unspecified atom stereocenters. The maximum Gasteiger partial charge on any atom is 0.407 e. The zero-order valence-corrected chi connectivity index (χ0v) is 45.3. The van der Waals surface area contributed by atoms with Crippen LogP contribution in [0.3, 0.4) is 0 Å². The van der Waals surface area contributed by atoms with E-state index in [9.17, 15) is 33.6 Å². The molecule has 1 aliphatic heterocycles.